The van der Waals surface area contributed by atoms with Crippen molar-refractivity contribution in [2.75, 3.05) is 0 Å². The van der Waals surface area contributed by atoms with Crippen LogP contribution in [0.3, 0.4) is 0 Å². The maximum atomic E-state index is 3.68. The van der Waals surface area contributed by atoms with Crippen LogP contribution in [0.5, 0.6) is 0 Å². The van der Waals surface area contributed by atoms with Crippen LogP contribution in [0.15, 0.2) is 46.7 Å². The number of hydrogen-bond donors (Lipinski definition) is 0. The Morgan fingerprint density at radius 3 is 2.19 bits per heavy atom. The fourth-order valence-corrected chi connectivity index (χ4v) is 4.27. The molecule has 2 rings (SSSR count). The van der Waals surface area contributed by atoms with E-state index >= 15 is 0 Å². The molecule has 0 saturated carbocycles. The molecule has 1 aromatic carbocycles. The first-order chi connectivity index (χ1) is 8.33. The van der Waals surface area contributed by atoms with Gasteiger partial charge in [-0.1, -0.05) is 75.0 Å². The summed E-state index contributed by atoms with van der Waals surface area (Å²) in [6, 6.07) is 10.9. The number of allylic oxidation sites excluding steroid dienone is 4. The predicted octanol–water partition coefficient (Wildman–Crippen LogP) is -5.91. The Labute approximate surface area is 165 Å². The van der Waals surface area contributed by atoms with Gasteiger partial charge in [-0.2, -0.15) is 5.20 Å². The van der Waals surface area contributed by atoms with Gasteiger partial charge in [0, 0.05) is 0 Å². The molecule has 5 heteroatoms. The van der Waals surface area contributed by atoms with E-state index in [0.717, 1.165) is 6.42 Å². The predicted molar refractivity (Wildman–Crippen MR) is 78.2 cm³/mol. The molecule has 0 bridgehead atoms. The zero-order valence-corrected chi connectivity index (χ0v) is 17.8. The van der Waals surface area contributed by atoms with Gasteiger partial charge in [0.15, 0.2) is 0 Å². The average molecular weight is 396 g/mol. The summed E-state index contributed by atoms with van der Waals surface area (Å²) in [6.45, 7) is 4.53. The summed E-state index contributed by atoms with van der Waals surface area (Å²) in [5.74, 6) is 0. The van der Waals surface area contributed by atoms with E-state index in [1.165, 1.54) is 24.8 Å². The SMILES string of the molecule is CCCC1=C(CC)[C-]=C([SiH2]c2ccccc2)C1.[Cl-].[Cl-].[Cl-].[Ti+4]. The molecular weight excluding hydrogens is 374 g/mol. The summed E-state index contributed by atoms with van der Waals surface area (Å²) in [5.41, 5.74) is 3.17. The van der Waals surface area contributed by atoms with Gasteiger partial charge < -0.3 is 37.2 Å². The van der Waals surface area contributed by atoms with Gasteiger partial charge >= 0.3 is 21.7 Å². The molecule has 0 heterocycles. The summed E-state index contributed by atoms with van der Waals surface area (Å²) < 4.78 is 0. The van der Waals surface area contributed by atoms with Gasteiger partial charge in [-0.3, -0.25) is 6.08 Å². The van der Waals surface area contributed by atoms with E-state index in [-0.39, 0.29) is 68.5 Å². The Kier molecular flexibility index (Phi) is 17.7. The first-order valence-electron chi connectivity index (χ1n) is 6.70. The Balaban J connectivity index is -0.000000810. The summed E-state index contributed by atoms with van der Waals surface area (Å²) in [4.78, 5) is 0. The van der Waals surface area contributed by atoms with E-state index in [0.29, 0.717) is 0 Å². The van der Waals surface area contributed by atoms with E-state index in [4.69, 9.17) is 0 Å². The van der Waals surface area contributed by atoms with E-state index in [1.807, 2.05) is 0 Å². The molecule has 114 valence electrons. The van der Waals surface area contributed by atoms with E-state index in [9.17, 15) is 0 Å². The molecule has 1 aliphatic carbocycles. The molecule has 0 N–H and O–H groups in total. The topological polar surface area (TPSA) is 0 Å². The smallest absolute Gasteiger partial charge is 1.00 e. The fourth-order valence-electron chi connectivity index (χ4n) is 2.54. The first-order valence-corrected chi connectivity index (χ1v) is 8.11. The molecule has 0 amide bonds. The molecule has 0 unspecified atom stereocenters. The molecular formula is C16H21Cl3SiTi. The van der Waals surface area contributed by atoms with E-state index in [2.05, 4.69) is 50.3 Å². The number of rotatable bonds is 5. The molecule has 0 nitrogen and oxygen atoms in total. The third kappa shape index (κ3) is 8.06. The molecule has 0 saturated heterocycles. The van der Waals surface area contributed by atoms with Crippen LogP contribution in [-0.2, 0) is 21.7 Å². The minimum absolute atomic E-state index is 0. The molecule has 0 aromatic heterocycles. The molecule has 0 spiro atoms. The second-order valence-corrected chi connectivity index (χ2v) is 6.78. The van der Waals surface area contributed by atoms with Crippen LogP contribution >= 0.6 is 0 Å². The standard InChI is InChI=1S/C16H21Si.3ClH.Ti/c1-3-8-14-12-16(11-13(14)4-2)17-15-9-6-5-7-10-15;;;;/h5-7,9-10H,3-4,8,12,17H2,1-2H3;3*1H;/q-1;;;;+4/p-3. The molecule has 0 atom stereocenters. The van der Waals surface area contributed by atoms with Crippen LogP contribution in [0.25, 0.3) is 0 Å². The third-order valence-corrected chi connectivity index (χ3v) is 5.08. The molecule has 0 radical (unpaired) electrons. The van der Waals surface area contributed by atoms with Crippen molar-refractivity contribution in [2.45, 2.75) is 39.5 Å². The molecule has 1 aromatic rings. The quantitative estimate of drug-likeness (QED) is 0.344. The van der Waals surface area contributed by atoms with Crippen molar-refractivity contribution >= 4 is 14.7 Å². The maximum absolute atomic E-state index is 3.68. The first kappa shape index (κ1) is 26.4. The van der Waals surface area contributed by atoms with Gasteiger partial charge in [-0.15, -0.1) is 0 Å². The van der Waals surface area contributed by atoms with Crippen molar-refractivity contribution in [1.29, 1.82) is 0 Å². The molecule has 0 fully saturated rings. The summed E-state index contributed by atoms with van der Waals surface area (Å²) >= 11 is 0. The monoisotopic (exact) mass is 394 g/mol. The van der Waals surface area contributed by atoms with Crippen molar-refractivity contribution in [3.63, 3.8) is 0 Å². The normalized spacial score (nSPS) is 13.0. The summed E-state index contributed by atoms with van der Waals surface area (Å²) in [7, 11) is -0.261. The molecule has 0 aliphatic heterocycles. The van der Waals surface area contributed by atoms with Crippen molar-refractivity contribution < 1.29 is 58.9 Å². The fraction of sp³-hybridized carbons (Fsp3) is 0.375. The third-order valence-electron chi connectivity index (χ3n) is 3.35. The van der Waals surface area contributed by atoms with E-state index in [1.54, 1.807) is 16.0 Å². The van der Waals surface area contributed by atoms with Crippen LogP contribution in [0.4, 0.5) is 0 Å². The van der Waals surface area contributed by atoms with Crippen LogP contribution < -0.4 is 42.4 Å². The Hall–Kier alpha value is 0.501. The Morgan fingerprint density at radius 1 is 1.05 bits per heavy atom. The summed E-state index contributed by atoms with van der Waals surface area (Å²) in [5, 5.41) is 3.15. The number of benzene rings is 1. The van der Waals surface area contributed by atoms with Crippen molar-refractivity contribution in [3.05, 3.63) is 52.8 Å². The largest absolute Gasteiger partial charge is 4.00 e. The second-order valence-electron chi connectivity index (χ2n) is 4.75. The zero-order chi connectivity index (χ0) is 12.1. The van der Waals surface area contributed by atoms with E-state index < -0.39 is 0 Å². The van der Waals surface area contributed by atoms with Gasteiger partial charge in [-0.25, -0.2) is 11.1 Å². The second kappa shape index (κ2) is 14.1. The van der Waals surface area contributed by atoms with Gasteiger partial charge in [-0.05, 0) is 0 Å². The summed E-state index contributed by atoms with van der Waals surface area (Å²) in [6.07, 6.45) is 8.59. The van der Waals surface area contributed by atoms with Crippen molar-refractivity contribution in [1.82, 2.24) is 0 Å². The maximum Gasteiger partial charge on any atom is 4.00 e. The van der Waals surface area contributed by atoms with Crippen molar-refractivity contribution in [3.8, 4) is 0 Å². The molecule has 21 heavy (non-hydrogen) atoms. The van der Waals surface area contributed by atoms with Crippen LogP contribution in [-0.4, -0.2) is 9.52 Å². The average Bonchev–Trinajstić information content (AvgIpc) is 2.73. The Morgan fingerprint density at radius 2 is 1.67 bits per heavy atom. The minimum atomic E-state index is -0.261. The number of hydrogen-bond acceptors (Lipinski definition) is 0. The van der Waals surface area contributed by atoms with Crippen LogP contribution in [0, 0.1) is 6.08 Å². The van der Waals surface area contributed by atoms with Gasteiger partial charge in [0.1, 0.15) is 0 Å². The van der Waals surface area contributed by atoms with Crippen molar-refractivity contribution in [2.24, 2.45) is 0 Å². The van der Waals surface area contributed by atoms with Crippen LogP contribution in [0.2, 0.25) is 0 Å². The van der Waals surface area contributed by atoms with Gasteiger partial charge in [0.25, 0.3) is 0 Å². The number of halogens is 3. The minimum Gasteiger partial charge on any atom is -1.00 e. The zero-order valence-electron chi connectivity index (χ0n) is 12.6. The Bertz CT molecular complexity index is 444. The molecule has 1 aliphatic rings. The van der Waals surface area contributed by atoms with Crippen LogP contribution in [0.1, 0.15) is 39.5 Å². The van der Waals surface area contributed by atoms with Gasteiger partial charge in [0.05, 0.1) is 9.52 Å². The van der Waals surface area contributed by atoms with Gasteiger partial charge in [0.2, 0.25) is 0 Å².